The van der Waals surface area contributed by atoms with Gasteiger partial charge in [-0.3, -0.25) is 9.52 Å². The first-order valence-corrected chi connectivity index (χ1v) is 13.9. The molecule has 2 N–H and O–H groups in total. The van der Waals surface area contributed by atoms with Gasteiger partial charge in [-0.25, -0.2) is 4.79 Å². The number of hydrogen-bond acceptors (Lipinski definition) is 7. The van der Waals surface area contributed by atoms with Crippen molar-refractivity contribution in [3.05, 3.63) is 77.4 Å². The lowest BCUT2D eigenvalue weighted by molar-refractivity contribution is -0.119. The molecule has 0 saturated carbocycles. The molecule has 1 aliphatic heterocycles. The van der Waals surface area contributed by atoms with Crippen molar-refractivity contribution in [2.45, 2.75) is 39.5 Å². The smallest absolute Gasteiger partial charge is 0.335 e. The highest BCUT2D eigenvalue weighted by Crippen LogP contribution is 2.36. The lowest BCUT2D eigenvalue weighted by Crippen LogP contribution is -2.43. The molecule has 0 radical (unpaired) electrons. The summed E-state index contributed by atoms with van der Waals surface area (Å²) in [5, 5.41) is 9.31. The van der Waals surface area contributed by atoms with E-state index in [1.165, 1.54) is 36.4 Å². The minimum atomic E-state index is -4.44. The highest BCUT2D eigenvalue weighted by Gasteiger charge is 2.31. The van der Waals surface area contributed by atoms with Crippen LogP contribution in [0.3, 0.4) is 0 Å². The first kappa shape index (κ1) is 27.8. The summed E-state index contributed by atoms with van der Waals surface area (Å²) in [6, 6.07) is 15.6. The molecule has 0 fully saturated rings. The van der Waals surface area contributed by atoms with Crippen molar-refractivity contribution in [2.24, 2.45) is 0 Å². The molecular formula is C28H30N2O8S. The van der Waals surface area contributed by atoms with E-state index in [9.17, 15) is 23.1 Å². The zero-order valence-corrected chi connectivity index (χ0v) is 22.7. The minimum Gasteiger partial charge on any atom is -0.483 e. The predicted octanol–water partition coefficient (Wildman–Crippen LogP) is 4.96. The number of benzene rings is 3. The summed E-state index contributed by atoms with van der Waals surface area (Å²) in [6.07, 6.45) is 1.23. The number of carboxylic acids is 1. The number of hydrogen-bond donors (Lipinski definition) is 2. The van der Waals surface area contributed by atoms with E-state index >= 15 is 0 Å². The van der Waals surface area contributed by atoms with Crippen LogP contribution in [0.1, 0.15) is 54.6 Å². The summed E-state index contributed by atoms with van der Waals surface area (Å²) in [4.78, 5) is 24.8. The van der Waals surface area contributed by atoms with Gasteiger partial charge >= 0.3 is 16.2 Å². The summed E-state index contributed by atoms with van der Waals surface area (Å²) in [5.41, 5.74) is 2.05. The second-order valence-electron chi connectivity index (χ2n) is 9.25. The highest BCUT2D eigenvalue weighted by atomic mass is 32.2. The third-order valence-electron chi connectivity index (χ3n) is 6.06. The van der Waals surface area contributed by atoms with E-state index in [0.717, 1.165) is 5.56 Å². The number of aryl methyl sites for hydroxylation is 1. The average molecular weight is 555 g/mol. The molecular weight excluding hydrogens is 524 g/mol. The molecule has 0 aliphatic carbocycles. The lowest BCUT2D eigenvalue weighted by atomic mass is 10.0. The van der Waals surface area contributed by atoms with Crippen LogP contribution in [0.25, 0.3) is 0 Å². The van der Waals surface area contributed by atoms with Crippen molar-refractivity contribution in [2.75, 3.05) is 22.4 Å². The molecule has 3 aromatic rings. The van der Waals surface area contributed by atoms with Gasteiger partial charge in [0.25, 0.3) is 5.91 Å². The number of fused-ring (bicyclic) bond motifs is 1. The summed E-state index contributed by atoms with van der Waals surface area (Å²) in [5.74, 6) is -0.651. The molecule has 0 saturated heterocycles. The Hall–Kier alpha value is -4.25. The highest BCUT2D eigenvalue weighted by molar-refractivity contribution is 7.94. The van der Waals surface area contributed by atoms with Gasteiger partial charge in [-0.05, 0) is 65.9 Å². The van der Waals surface area contributed by atoms with E-state index in [1.807, 2.05) is 32.9 Å². The average Bonchev–Trinajstić information content (AvgIpc) is 3.36. The van der Waals surface area contributed by atoms with Crippen LogP contribution in [-0.2, 0) is 21.4 Å². The first-order chi connectivity index (χ1) is 18.6. The number of aromatic carboxylic acids is 1. The number of rotatable bonds is 11. The van der Waals surface area contributed by atoms with Crippen LogP contribution in [0.5, 0.6) is 17.2 Å². The van der Waals surface area contributed by atoms with E-state index in [4.69, 9.17) is 14.2 Å². The summed E-state index contributed by atoms with van der Waals surface area (Å²) >= 11 is 0. The van der Waals surface area contributed by atoms with Crippen molar-refractivity contribution in [1.82, 2.24) is 0 Å². The second-order valence-corrected chi connectivity index (χ2v) is 10.8. The number of nitrogens with zero attached hydrogens (tertiary/aromatic N) is 1. The first-order valence-electron chi connectivity index (χ1n) is 12.4. The van der Waals surface area contributed by atoms with Crippen LogP contribution in [0.2, 0.25) is 0 Å². The number of carboxylic acid groups (broad SMARTS) is 1. The quantitative estimate of drug-likeness (QED) is 0.340. The maximum absolute atomic E-state index is 13.6. The maximum Gasteiger partial charge on any atom is 0.335 e. The molecule has 1 heterocycles. The Bertz CT molecular complexity index is 1470. The normalized spacial score (nSPS) is 12.3. The van der Waals surface area contributed by atoms with E-state index in [0.29, 0.717) is 40.0 Å². The Morgan fingerprint density at radius 1 is 1.03 bits per heavy atom. The van der Waals surface area contributed by atoms with Crippen LogP contribution in [0.4, 0.5) is 11.4 Å². The Balaban J connectivity index is 1.63. The molecule has 4 rings (SSSR count). The van der Waals surface area contributed by atoms with Gasteiger partial charge < -0.3 is 19.3 Å². The number of carbonyl (C=O) groups is 2. The van der Waals surface area contributed by atoms with Crippen molar-refractivity contribution >= 4 is 33.5 Å². The van der Waals surface area contributed by atoms with Gasteiger partial charge in [-0.15, -0.1) is 0 Å². The van der Waals surface area contributed by atoms with E-state index in [2.05, 4.69) is 4.72 Å². The van der Waals surface area contributed by atoms with Crippen molar-refractivity contribution in [3.8, 4) is 17.2 Å². The van der Waals surface area contributed by atoms with E-state index in [-0.39, 0.29) is 29.6 Å². The van der Waals surface area contributed by atoms with Crippen molar-refractivity contribution < 1.29 is 37.3 Å². The lowest BCUT2D eigenvalue weighted by Gasteiger charge is -2.24. The Kier molecular flexibility index (Phi) is 8.29. The molecule has 1 amide bonds. The second kappa shape index (κ2) is 11.6. The zero-order valence-electron chi connectivity index (χ0n) is 21.8. The molecule has 0 aromatic heterocycles. The van der Waals surface area contributed by atoms with Gasteiger partial charge in [-0.1, -0.05) is 39.3 Å². The molecule has 0 atom stereocenters. The molecule has 1 aliphatic rings. The summed E-state index contributed by atoms with van der Waals surface area (Å²) in [7, 11) is -4.44. The summed E-state index contributed by atoms with van der Waals surface area (Å²) < 4.78 is 46.6. The predicted molar refractivity (Wildman–Crippen MR) is 146 cm³/mol. The van der Waals surface area contributed by atoms with Crippen molar-refractivity contribution in [3.63, 3.8) is 0 Å². The molecule has 10 nitrogen and oxygen atoms in total. The molecule has 39 heavy (non-hydrogen) atoms. The largest absolute Gasteiger partial charge is 0.483 e. The van der Waals surface area contributed by atoms with E-state index < -0.39 is 28.7 Å². The van der Waals surface area contributed by atoms with Gasteiger partial charge in [-0.2, -0.15) is 12.7 Å². The molecule has 0 spiro atoms. The maximum atomic E-state index is 13.6. The third kappa shape index (κ3) is 6.43. The SMILES string of the molecule is CCCc1cc(C(=O)O)ccc1OCC(=O)N(c1ccc2c(c1)OCO2)S(=O)(=O)Nc1ccc(C(C)C)cc1. The molecule has 0 unspecified atom stereocenters. The Labute approximate surface area is 227 Å². The topological polar surface area (TPSA) is 131 Å². The van der Waals surface area contributed by atoms with Crippen LogP contribution in [0.15, 0.2) is 60.7 Å². The monoisotopic (exact) mass is 554 g/mol. The molecule has 3 aromatic carbocycles. The number of amides is 1. The fourth-order valence-corrected chi connectivity index (χ4v) is 5.31. The fourth-order valence-electron chi connectivity index (χ4n) is 4.08. The Morgan fingerprint density at radius 2 is 1.74 bits per heavy atom. The minimum absolute atomic E-state index is 0.0183. The van der Waals surface area contributed by atoms with E-state index in [1.54, 1.807) is 12.1 Å². The van der Waals surface area contributed by atoms with Crippen LogP contribution >= 0.6 is 0 Å². The Morgan fingerprint density at radius 3 is 2.41 bits per heavy atom. The molecule has 206 valence electrons. The molecule has 11 heteroatoms. The van der Waals surface area contributed by atoms with Crippen LogP contribution < -0.4 is 23.2 Å². The van der Waals surface area contributed by atoms with Gasteiger partial charge in [0.2, 0.25) is 6.79 Å². The van der Waals surface area contributed by atoms with Crippen LogP contribution in [-0.4, -0.2) is 38.8 Å². The molecule has 0 bridgehead atoms. The summed E-state index contributed by atoms with van der Waals surface area (Å²) in [6.45, 7) is 5.34. The van der Waals surface area contributed by atoms with Gasteiger partial charge in [0, 0.05) is 6.07 Å². The fraction of sp³-hybridized carbons (Fsp3) is 0.286. The van der Waals surface area contributed by atoms with Crippen molar-refractivity contribution in [1.29, 1.82) is 0 Å². The number of anilines is 2. The van der Waals surface area contributed by atoms with Crippen LogP contribution in [0, 0.1) is 0 Å². The zero-order chi connectivity index (χ0) is 28.2. The van der Waals surface area contributed by atoms with Gasteiger partial charge in [0.05, 0.1) is 16.9 Å². The number of carbonyl (C=O) groups excluding carboxylic acids is 1. The third-order valence-corrected chi connectivity index (χ3v) is 7.45. The van der Waals surface area contributed by atoms with Gasteiger partial charge in [0.15, 0.2) is 18.1 Å². The number of nitrogens with one attached hydrogen (secondary N) is 1. The van der Waals surface area contributed by atoms with Gasteiger partial charge in [0.1, 0.15) is 5.75 Å². The number of ether oxygens (including phenoxy) is 3. The standard InChI is InChI=1S/C28H30N2O8S/c1-4-5-20-14-21(28(32)33)8-12-24(20)36-16-27(31)30(23-11-13-25-26(15-23)38-17-37-25)39(34,35)29-22-9-6-19(7-10-22)18(2)3/h6-15,18,29H,4-5,16-17H2,1-3H3,(H,32,33).